The molecule has 0 aliphatic rings. The molecule has 0 saturated carbocycles. The molecular formula is C16H15NO4. The molecule has 0 spiro atoms. The van der Waals surface area contributed by atoms with Gasteiger partial charge in [-0.1, -0.05) is 12.1 Å². The molecule has 0 aliphatic heterocycles. The van der Waals surface area contributed by atoms with E-state index >= 15 is 0 Å². The predicted octanol–water partition coefficient (Wildman–Crippen LogP) is 2.71. The Morgan fingerprint density at radius 3 is 2.43 bits per heavy atom. The van der Waals surface area contributed by atoms with Gasteiger partial charge in [0.25, 0.3) is 5.91 Å². The van der Waals surface area contributed by atoms with Crippen LogP contribution in [0.5, 0.6) is 0 Å². The summed E-state index contributed by atoms with van der Waals surface area (Å²) in [6.07, 6.45) is 0. The Labute approximate surface area is 121 Å². The number of carbonyl (C=O) groups excluding carboxylic acids is 2. The van der Waals surface area contributed by atoms with Crippen molar-refractivity contribution in [2.45, 2.75) is 20.8 Å². The maximum absolute atomic E-state index is 12.4. The highest BCUT2D eigenvalue weighted by atomic mass is 16.4. The van der Waals surface area contributed by atoms with Gasteiger partial charge in [-0.05, 0) is 38.5 Å². The molecule has 2 aromatic rings. The van der Waals surface area contributed by atoms with E-state index in [1.807, 2.05) is 0 Å². The highest BCUT2D eigenvalue weighted by molar-refractivity contribution is 6.09. The number of aryl methyl sites for hydroxylation is 2. The first-order chi connectivity index (χ1) is 9.90. The fourth-order valence-corrected chi connectivity index (χ4v) is 2.18. The third-order valence-corrected chi connectivity index (χ3v) is 3.12. The van der Waals surface area contributed by atoms with Crippen molar-refractivity contribution in [3.05, 3.63) is 63.2 Å². The number of benzene rings is 1. The minimum Gasteiger partial charge on any atom is -0.427 e. The lowest BCUT2D eigenvalue weighted by atomic mass is 10.1. The number of rotatable bonds is 3. The lowest BCUT2D eigenvalue weighted by molar-refractivity contribution is 0.101. The van der Waals surface area contributed by atoms with E-state index in [0.717, 1.165) is 0 Å². The zero-order chi connectivity index (χ0) is 15.6. The van der Waals surface area contributed by atoms with Crippen molar-refractivity contribution in [1.82, 2.24) is 0 Å². The predicted molar refractivity (Wildman–Crippen MR) is 78.9 cm³/mol. The van der Waals surface area contributed by atoms with Crippen molar-refractivity contribution in [2.24, 2.45) is 0 Å². The lowest BCUT2D eigenvalue weighted by Gasteiger charge is -2.11. The quantitative estimate of drug-likeness (QED) is 0.880. The first-order valence-corrected chi connectivity index (χ1v) is 6.43. The van der Waals surface area contributed by atoms with Crippen LogP contribution in [-0.4, -0.2) is 11.7 Å². The van der Waals surface area contributed by atoms with Gasteiger partial charge >= 0.3 is 5.63 Å². The zero-order valence-electron chi connectivity index (χ0n) is 12.0. The van der Waals surface area contributed by atoms with Crippen LogP contribution in [0.15, 0.2) is 39.5 Å². The summed E-state index contributed by atoms with van der Waals surface area (Å²) < 4.78 is 4.94. The second-order valence-electron chi connectivity index (χ2n) is 4.74. The molecule has 0 atom stereocenters. The Bertz CT molecular complexity index is 748. The summed E-state index contributed by atoms with van der Waals surface area (Å²) in [5.41, 5.74) is 1.19. The molecule has 5 heteroatoms. The Kier molecular flexibility index (Phi) is 4.03. The summed E-state index contributed by atoms with van der Waals surface area (Å²) in [5.74, 6) is -0.306. The van der Waals surface area contributed by atoms with Gasteiger partial charge in [-0.15, -0.1) is 0 Å². The van der Waals surface area contributed by atoms with Gasteiger partial charge in [0.2, 0.25) is 0 Å². The minimum atomic E-state index is -0.495. The van der Waals surface area contributed by atoms with Crippen LogP contribution in [-0.2, 0) is 0 Å². The van der Waals surface area contributed by atoms with Gasteiger partial charge in [0.1, 0.15) is 5.76 Å². The molecule has 0 fully saturated rings. The molecule has 108 valence electrons. The molecule has 1 amide bonds. The molecule has 1 aromatic carbocycles. The number of para-hydroxylation sites is 1. The van der Waals surface area contributed by atoms with E-state index in [1.165, 1.54) is 13.0 Å². The fourth-order valence-electron chi connectivity index (χ4n) is 2.18. The second kappa shape index (κ2) is 5.75. The summed E-state index contributed by atoms with van der Waals surface area (Å²) in [5, 5.41) is 2.69. The van der Waals surface area contributed by atoms with Gasteiger partial charge in [-0.2, -0.15) is 0 Å². The summed E-state index contributed by atoms with van der Waals surface area (Å²) in [7, 11) is 0. The van der Waals surface area contributed by atoms with E-state index in [4.69, 9.17) is 4.42 Å². The molecule has 0 radical (unpaired) electrons. The third-order valence-electron chi connectivity index (χ3n) is 3.12. The minimum absolute atomic E-state index is 0.140. The van der Waals surface area contributed by atoms with Crippen LogP contribution < -0.4 is 10.9 Å². The number of hydrogen-bond donors (Lipinski definition) is 1. The number of Topliss-reactive ketones (excluding diaryl/α,β-unsaturated/α-hetero) is 1. The SMILES string of the molecule is CC(=O)c1ccccc1NC(=O)c1c(C)cc(=O)oc1C. The smallest absolute Gasteiger partial charge is 0.336 e. The molecule has 1 heterocycles. The van der Waals surface area contributed by atoms with E-state index < -0.39 is 11.5 Å². The van der Waals surface area contributed by atoms with Crippen molar-refractivity contribution in [1.29, 1.82) is 0 Å². The molecular weight excluding hydrogens is 270 g/mol. The number of hydrogen-bond acceptors (Lipinski definition) is 4. The normalized spacial score (nSPS) is 10.2. The maximum atomic E-state index is 12.4. The van der Waals surface area contributed by atoms with E-state index in [1.54, 1.807) is 38.1 Å². The molecule has 0 saturated heterocycles. The molecule has 1 aromatic heterocycles. The lowest BCUT2D eigenvalue weighted by Crippen LogP contribution is -2.18. The molecule has 21 heavy (non-hydrogen) atoms. The van der Waals surface area contributed by atoms with Gasteiger partial charge in [0.15, 0.2) is 5.78 Å². The van der Waals surface area contributed by atoms with Crippen molar-refractivity contribution >= 4 is 17.4 Å². The summed E-state index contributed by atoms with van der Waals surface area (Å²) >= 11 is 0. The second-order valence-corrected chi connectivity index (χ2v) is 4.74. The first-order valence-electron chi connectivity index (χ1n) is 6.43. The van der Waals surface area contributed by atoms with Crippen molar-refractivity contribution in [2.75, 3.05) is 5.32 Å². The van der Waals surface area contributed by atoms with Crippen LogP contribution in [0.1, 0.15) is 39.0 Å². The van der Waals surface area contributed by atoms with Crippen LogP contribution in [0.3, 0.4) is 0 Å². The highest BCUT2D eigenvalue weighted by Crippen LogP contribution is 2.18. The average molecular weight is 285 g/mol. The molecule has 0 aliphatic carbocycles. The number of anilines is 1. The van der Waals surface area contributed by atoms with E-state index in [9.17, 15) is 14.4 Å². The standard InChI is InChI=1S/C16H15NO4/c1-9-8-14(19)21-11(3)15(9)16(20)17-13-7-5-4-6-12(13)10(2)18/h4-8H,1-3H3,(H,17,20). The monoisotopic (exact) mass is 285 g/mol. The van der Waals surface area contributed by atoms with E-state index in [0.29, 0.717) is 22.4 Å². The van der Waals surface area contributed by atoms with Gasteiger partial charge in [-0.25, -0.2) is 4.79 Å². The van der Waals surface area contributed by atoms with Crippen LogP contribution in [0.4, 0.5) is 5.69 Å². The summed E-state index contributed by atoms with van der Waals surface area (Å²) in [6.45, 7) is 4.65. The molecule has 2 rings (SSSR count). The molecule has 1 N–H and O–H groups in total. The highest BCUT2D eigenvalue weighted by Gasteiger charge is 2.17. The number of amides is 1. The van der Waals surface area contributed by atoms with Crippen molar-refractivity contribution in [3.8, 4) is 0 Å². The number of carbonyl (C=O) groups is 2. The Morgan fingerprint density at radius 1 is 1.14 bits per heavy atom. The van der Waals surface area contributed by atoms with Crippen molar-refractivity contribution in [3.63, 3.8) is 0 Å². The molecule has 0 bridgehead atoms. The van der Waals surface area contributed by atoms with Crippen LogP contribution >= 0.6 is 0 Å². The van der Waals surface area contributed by atoms with Gasteiger partial charge in [-0.3, -0.25) is 9.59 Å². The number of ketones is 1. The summed E-state index contributed by atoms with van der Waals surface area (Å²) in [6, 6.07) is 8.01. The molecule has 0 unspecified atom stereocenters. The topological polar surface area (TPSA) is 76.4 Å². The van der Waals surface area contributed by atoms with Gasteiger partial charge in [0.05, 0.1) is 11.3 Å². The summed E-state index contributed by atoms with van der Waals surface area (Å²) in [4.78, 5) is 35.2. The average Bonchev–Trinajstić information content (AvgIpc) is 2.37. The van der Waals surface area contributed by atoms with Crippen LogP contribution in [0.25, 0.3) is 0 Å². The van der Waals surface area contributed by atoms with Crippen molar-refractivity contribution < 1.29 is 14.0 Å². The molecule has 5 nitrogen and oxygen atoms in total. The Balaban J connectivity index is 2.40. The maximum Gasteiger partial charge on any atom is 0.336 e. The van der Waals surface area contributed by atoms with Gasteiger partial charge < -0.3 is 9.73 Å². The number of nitrogens with one attached hydrogen (secondary N) is 1. The fraction of sp³-hybridized carbons (Fsp3) is 0.188. The van der Waals surface area contributed by atoms with Gasteiger partial charge in [0, 0.05) is 11.6 Å². The van der Waals surface area contributed by atoms with E-state index in [2.05, 4.69) is 5.32 Å². The van der Waals surface area contributed by atoms with E-state index in [-0.39, 0.29) is 11.5 Å². The Morgan fingerprint density at radius 2 is 1.81 bits per heavy atom. The van der Waals surface area contributed by atoms with Crippen LogP contribution in [0.2, 0.25) is 0 Å². The first kappa shape index (κ1) is 14.7. The van der Waals surface area contributed by atoms with Crippen LogP contribution in [0, 0.1) is 13.8 Å². The third kappa shape index (κ3) is 3.08. The Hall–Kier alpha value is -2.69. The largest absolute Gasteiger partial charge is 0.427 e. The zero-order valence-corrected chi connectivity index (χ0v) is 12.0.